The fraction of sp³-hybridized carbons (Fsp3) is 0.286. The highest BCUT2D eigenvalue weighted by molar-refractivity contribution is 7.89. The van der Waals surface area contributed by atoms with Gasteiger partial charge in [0.1, 0.15) is 0 Å². The Morgan fingerprint density at radius 1 is 1.16 bits per heavy atom. The minimum atomic E-state index is -3.43. The summed E-state index contributed by atoms with van der Waals surface area (Å²) < 4.78 is 29.0. The summed E-state index contributed by atoms with van der Waals surface area (Å²) in [6.07, 6.45) is 3.82. The first-order valence-corrected chi connectivity index (χ1v) is 7.65. The first kappa shape index (κ1) is 13.8. The molecule has 0 saturated carbocycles. The van der Waals surface area contributed by atoms with E-state index in [9.17, 15) is 8.42 Å². The Labute approximate surface area is 114 Å². The molecule has 0 radical (unpaired) electrons. The van der Waals surface area contributed by atoms with Gasteiger partial charge in [0, 0.05) is 25.5 Å². The van der Waals surface area contributed by atoms with E-state index in [2.05, 4.69) is 4.72 Å². The van der Waals surface area contributed by atoms with Crippen LogP contribution in [0.15, 0.2) is 47.6 Å². The number of hydrogen-bond donors (Lipinski definition) is 1. The molecule has 2 rings (SSSR count). The zero-order chi connectivity index (χ0) is 13.9. The number of nitrogens with one attached hydrogen (secondary N) is 1. The Morgan fingerprint density at radius 2 is 1.84 bits per heavy atom. The van der Waals surface area contributed by atoms with Crippen LogP contribution in [-0.4, -0.2) is 19.5 Å². The molecule has 0 saturated heterocycles. The minimum absolute atomic E-state index is 0.361. The first-order valence-electron chi connectivity index (χ1n) is 6.17. The molecule has 0 aliphatic heterocycles. The SMILES string of the molecule is Cc1ccc(C)c(S(=O)(=O)NCCn2cccc2)c1. The van der Waals surface area contributed by atoms with Gasteiger partial charge in [-0.25, -0.2) is 13.1 Å². The summed E-state index contributed by atoms with van der Waals surface area (Å²) in [5, 5.41) is 0. The molecule has 0 fully saturated rings. The maximum absolute atomic E-state index is 12.2. The van der Waals surface area contributed by atoms with E-state index in [0.717, 1.165) is 11.1 Å². The van der Waals surface area contributed by atoms with Crippen LogP contribution in [0, 0.1) is 13.8 Å². The highest BCUT2D eigenvalue weighted by Crippen LogP contribution is 2.16. The fourth-order valence-corrected chi connectivity index (χ4v) is 3.25. The maximum atomic E-state index is 12.2. The lowest BCUT2D eigenvalue weighted by atomic mass is 10.2. The summed E-state index contributed by atoms with van der Waals surface area (Å²) >= 11 is 0. The third kappa shape index (κ3) is 3.45. The molecule has 19 heavy (non-hydrogen) atoms. The van der Waals surface area contributed by atoms with E-state index in [1.807, 2.05) is 48.1 Å². The van der Waals surface area contributed by atoms with E-state index >= 15 is 0 Å². The Bertz CT molecular complexity index is 646. The van der Waals surface area contributed by atoms with E-state index in [-0.39, 0.29) is 0 Å². The van der Waals surface area contributed by atoms with Crippen molar-refractivity contribution in [3.8, 4) is 0 Å². The Morgan fingerprint density at radius 3 is 2.53 bits per heavy atom. The van der Waals surface area contributed by atoms with Gasteiger partial charge in [-0.3, -0.25) is 0 Å². The van der Waals surface area contributed by atoms with Gasteiger partial charge in [-0.2, -0.15) is 0 Å². The topological polar surface area (TPSA) is 51.1 Å². The highest BCUT2D eigenvalue weighted by atomic mass is 32.2. The van der Waals surface area contributed by atoms with Gasteiger partial charge >= 0.3 is 0 Å². The van der Waals surface area contributed by atoms with E-state index < -0.39 is 10.0 Å². The average Bonchev–Trinajstić information content (AvgIpc) is 2.85. The quantitative estimate of drug-likeness (QED) is 0.910. The van der Waals surface area contributed by atoms with Crippen LogP contribution in [-0.2, 0) is 16.6 Å². The van der Waals surface area contributed by atoms with Crippen molar-refractivity contribution in [3.63, 3.8) is 0 Å². The van der Waals surface area contributed by atoms with Crippen LogP contribution in [0.5, 0.6) is 0 Å². The van der Waals surface area contributed by atoms with E-state index in [1.54, 1.807) is 13.0 Å². The Hall–Kier alpha value is -1.59. The fourth-order valence-electron chi connectivity index (χ4n) is 1.90. The number of benzene rings is 1. The van der Waals surface area contributed by atoms with Gasteiger partial charge in [0.05, 0.1) is 4.90 Å². The molecule has 1 heterocycles. The third-order valence-electron chi connectivity index (χ3n) is 2.96. The molecule has 1 aromatic heterocycles. The summed E-state index contributed by atoms with van der Waals surface area (Å²) in [6, 6.07) is 9.27. The van der Waals surface area contributed by atoms with Crippen LogP contribution < -0.4 is 4.72 Å². The van der Waals surface area contributed by atoms with Crippen molar-refractivity contribution >= 4 is 10.0 Å². The predicted molar refractivity (Wildman–Crippen MR) is 75.5 cm³/mol. The molecule has 1 aromatic carbocycles. The molecule has 0 aliphatic carbocycles. The molecule has 0 unspecified atom stereocenters. The summed E-state index contributed by atoms with van der Waals surface area (Å²) in [6.45, 7) is 4.69. The third-order valence-corrected chi connectivity index (χ3v) is 4.56. The molecule has 2 aromatic rings. The van der Waals surface area contributed by atoms with Crippen LogP contribution in [0.2, 0.25) is 0 Å². The molecule has 102 valence electrons. The normalized spacial score (nSPS) is 11.7. The minimum Gasteiger partial charge on any atom is -0.353 e. The van der Waals surface area contributed by atoms with Gasteiger partial charge in [-0.1, -0.05) is 12.1 Å². The van der Waals surface area contributed by atoms with Crippen LogP contribution in [0.1, 0.15) is 11.1 Å². The Kier molecular flexibility index (Phi) is 4.07. The molecule has 0 amide bonds. The average molecular weight is 278 g/mol. The molecule has 1 N–H and O–H groups in total. The van der Waals surface area contributed by atoms with Crippen LogP contribution in [0.4, 0.5) is 0 Å². The van der Waals surface area contributed by atoms with E-state index in [1.165, 1.54) is 0 Å². The number of aromatic nitrogens is 1. The molecule has 0 spiro atoms. The zero-order valence-corrected chi connectivity index (χ0v) is 11.9. The molecule has 0 aliphatic rings. The van der Waals surface area contributed by atoms with Crippen molar-refractivity contribution in [2.24, 2.45) is 0 Å². The summed E-state index contributed by atoms with van der Waals surface area (Å²) in [4.78, 5) is 0.361. The smallest absolute Gasteiger partial charge is 0.240 e. The van der Waals surface area contributed by atoms with Crippen molar-refractivity contribution in [1.29, 1.82) is 0 Å². The first-order chi connectivity index (χ1) is 8.99. The molecular formula is C14H18N2O2S. The molecule has 0 atom stereocenters. The van der Waals surface area contributed by atoms with Crippen molar-refractivity contribution in [2.45, 2.75) is 25.3 Å². The van der Waals surface area contributed by atoms with Gasteiger partial charge < -0.3 is 4.57 Å². The second-order valence-corrected chi connectivity index (χ2v) is 6.32. The number of sulfonamides is 1. The number of hydrogen-bond acceptors (Lipinski definition) is 2. The van der Waals surface area contributed by atoms with Gasteiger partial charge in [-0.05, 0) is 43.2 Å². The van der Waals surface area contributed by atoms with Gasteiger partial charge in [0.25, 0.3) is 0 Å². The van der Waals surface area contributed by atoms with Gasteiger partial charge in [0.15, 0.2) is 0 Å². The lowest BCUT2D eigenvalue weighted by Crippen LogP contribution is -2.27. The van der Waals surface area contributed by atoms with Crippen molar-refractivity contribution in [2.75, 3.05) is 6.54 Å². The predicted octanol–water partition coefficient (Wildman–Crippen LogP) is 2.08. The monoisotopic (exact) mass is 278 g/mol. The van der Waals surface area contributed by atoms with Crippen LogP contribution in [0.25, 0.3) is 0 Å². The molecule has 5 heteroatoms. The van der Waals surface area contributed by atoms with Gasteiger partial charge in [0.2, 0.25) is 10.0 Å². The molecule has 0 bridgehead atoms. The molecular weight excluding hydrogens is 260 g/mol. The summed E-state index contributed by atoms with van der Waals surface area (Å²) in [5.74, 6) is 0. The van der Waals surface area contributed by atoms with Crippen molar-refractivity contribution in [1.82, 2.24) is 9.29 Å². The highest BCUT2D eigenvalue weighted by Gasteiger charge is 2.16. The van der Waals surface area contributed by atoms with Crippen molar-refractivity contribution in [3.05, 3.63) is 53.9 Å². The second-order valence-electron chi connectivity index (χ2n) is 4.59. The van der Waals surface area contributed by atoms with E-state index in [0.29, 0.717) is 18.0 Å². The molecule has 4 nitrogen and oxygen atoms in total. The zero-order valence-electron chi connectivity index (χ0n) is 11.1. The van der Waals surface area contributed by atoms with Crippen LogP contribution in [0.3, 0.4) is 0 Å². The number of rotatable bonds is 5. The van der Waals surface area contributed by atoms with Gasteiger partial charge in [-0.15, -0.1) is 0 Å². The summed E-state index contributed by atoms with van der Waals surface area (Å²) in [5.41, 5.74) is 1.70. The Balaban J connectivity index is 2.07. The van der Waals surface area contributed by atoms with E-state index in [4.69, 9.17) is 0 Å². The maximum Gasteiger partial charge on any atom is 0.240 e. The lowest BCUT2D eigenvalue weighted by Gasteiger charge is -2.10. The number of aryl methyl sites for hydroxylation is 2. The van der Waals surface area contributed by atoms with Crippen molar-refractivity contribution < 1.29 is 8.42 Å². The largest absolute Gasteiger partial charge is 0.353 e. The second kappa shape index (κ2) is 5.59. The summed E-state index contributed by atoms with van der Waals surface area (Å²) in [7, 11) is -3.43. The number of nitrogens with zero attached hydrogens (tertiary/aromatic N) is 1. The lowest BCUT2D eigenvalue weighted by molar-refractivity contribution is 0.572. The standard InChI is InChI=1S/C14H18N2O2S/c1-12-5-6-13(2)14(11-12)19(17,18)15-7-10-16-8-3-4-9-16/h3-6,8-9,11,15H,7,10H2,1-2H3. The van der Waals surface area contributed by atoms with Crippen LogP contribution >= 0.6 is 0 Å².